The van der Waals surface area contributed by atoms with Crippen LogP contribution in [0.2, 0.25) is 0 Å². The Kier molecular flexibility index (Phi) is 4.57. The van der Waals surface area contributed by atoms with Crippen molar-refractivity contribution in [3.8, 4) is 0 Å². The quantitative estimate of drug-likeness (QED) is 0.596. The molecule has 3 fully saturated rings. The average molecular weight is 321 g/mol. The van der Waals surface area contributed by atoms with Crippen LogP contribution in [0.3, 0.4) is 0 Å². The van der Waals surface area contributed by atoms with E-state index in [4.69, 9.17) is 4.74 Å². The van der Waals surface area contributed by atoms with Gasteiger partial charge in [0.2, 0.25) is 0 Å². The molecule has 3 aliphatic carbocycles. The maximum atomic E-state index is 12.8. The summed E-state index contributed by atoms with van der Waals surface area (Å²) in [6, 6.07) is 0. The fraction of sp³-hybridized carbons (Fsp3) is 0.952. The zero-order valence-corrected chi connectivity index (χ0v) is 15.9. The molecule has 0 saturated heterocycles. The van der Waals surface area contributed by atoms with E-state index in [2.05, 4.69) is 20.8 Å². The first-order valence-electron chi connectivity index (χ1n) is 10.1. The predicted molar refractivity (Wildman–Crippen MR) is 94.0 cm³/mol. The van der Waals surface area contributed by atoms with E-state index in [1.807, 2.05) is 13.8 Å². The fourth-order valence-corrected chi connectivity index (χ4v) is 6.13. The second-order valence-electron chi connectivity index (χ2n) is 9.16. The molecule has 2 nitrogen and oxygen atoms in total. The summed E-state index contributed by atoms with van der Waals surface area (Å²) >= 11 is 0. The maximum Gasteiger partial charge on any atom is 0.312 e. The van der Waals surface area contributed by atoms with Crippen LogP contribution in [0, 0.1) is 35.0 Å². The molecule has 3 saturated carbocycles. The number of esters is 1. The molecular weight excluding hydrogens is 284 g/mol. The van der Waals surface area contributed by atoms with Crippen LogP contribution in [-0.4, -0.2) is 11.6 Å². The summed E-state index contributed by atoms with van der Waals surface area (Å²) in [7, 11) is 0. The molecule has 0 amide bonds. The molecule has 132 valence electrons. The minimum absolute atomic E-state index is 0.0226. The maximum absolute atomic E-state index is 12.8. The summed E-state index contributed by atoms with van der Waals surface area (Å²) in [5.74, 6) is 4.32. The molecule has 2 heteroatoms. The van der Waals surface area contributed by atoms with Crippen LogP contribution in [0.5, 0.6) is 0 Å². The van der Waals surface area contributed by atoms with Crippen molar-refractivity contribution in [2.45, 2.75) is 91.6 Å². The molecule has 0 N–H and O–H groups in total. The number of hydrogen-bond acceptors (Lipinski definition) is 2. The van der Waals surface area contributed by atoms with Gasteiger partial charge in [0.1, 0.15) is 5.60 Å². The molecule has 5 atom stereocenters. The van der Waals surface area contributed by atoms with Crippen LogP contribution >= 0.6 is 0 Å². The van der Waals surface area contributed by atoms with Crippen LogP contribution in [0.4, 0.5) is 0 Å². The normalized spacial score (nSPS) is 36.3. The smallest absolute Gasteiger partial charge is 0.312 e. The van der Waals surface area contributed by atoms with Gasteiger partial charge in [0.15, 0.2) is 0 Å². The van der Waals surface area contributed by atoms with Gasteiger partial charge in [-0.15, -0.1) is 0 Å². The second kappa shape index (κ2) is 6.08. The minimum Gasteiger partial charge on any atom is -0.458 e. The number of hydrogen-bond donors (Lipinski definition) is 0. The third-order valence-electron chi connectivity index (χ3n) is 8.03. The highest BCUT2D eigenvalue weighted by Crippen LogP contribution is 2.64. The van der Waals surface area contributed by atoms with Crippen LogP contribution < -0.4 is 0 Å². The van der Waals surface area contributed by atoms with Crippen LogP contribution in [-0.2, 0) is 9.53 Å². The number of ether oxygens (including phenoxy) is 1. The van der Waals surface area contributed by atoms with Gasteiger partial charge < -0.3 is 4.74 Å². The van der Waals surface area contributed by atoms with Crippen molar-refractivity contribution in [3.63, 3.8) is 0 Å². The Morgan fingerprint density at radius 3 is 2.22 bits per heavy atom. The Balaban J connectivity index is 1.80. The van der Waals surface area contributed by atoms with Crippen molar-refractivity contribution in [2.24, 2.45) is 35.0 Å². The van der Waals surface area contributed by atoms with Gasteiger partial charge in [0.05, 0.1) is 5.41 Å². The van der Waals surface area contributed by atoms with E-state index in [-0.39, 0.29) is 17.0 Å². The molecule has 23 heavy (non-hydrogen) atoms. The Morgan fingerprint density at radius 1 is 0.957 bits per heavy atom. The van der Waals surface area contributed by atoms with Gasteiger partial charge >= 0.3 is 5.97 Å². The molecule has 0 radical (unpaired) electrons. The molecule has 0 heterocycles. The number of rotatable bonds is 6. The van der Waals surface area contributed by atoms with Crippen molar-refractivity contribution in [1.29, 1.82) is 0 Å². The Labute approximate surface area is 142 Å². The lowest BCUT2D eigenvalue weighted by atomic mass is 9.67. The van der Waals surface area contributed by atoms with Crippen LogP contribution in [0.15, 0.2) is 0 Å². The monoisotopic (exact) mass is 320 g/mol. The third kappa shape index (κ3) is 2.65. The molecule has 0 aromatic heterocycles. The number of carbonyl (C=O) groups excluding carboxylic acids is 1. The first-order chi connectivity index (χ1) is 10.9. The molecule has 3 aliphatic rings. The summed E-state index contributed by atoms with van der Waals surface area (Å²) < 4.78 is 6.34. The summed E-state index contributed by atoms with van der Waals surface area (Å²) in [5.41, 5.74) is -0.570. The molecule has 0 aromatic carbocycles. The summed E-state index contributed by atoms with van der Waals surface area (Å²) in [5, 5.41) is 0. The lowest BCUT2D eigenvalue weighted by Gasteiger charge is -2.45. The van der Waals surface area contributed by atoms with E-state index in [9.17, 15) is 4.79 Å². The molecule has 0 spiro atoms. The van der Waals surface area contributed by atoms with E-state index in [0.29, 0.717) is 5.92 Å². The van der Waals surface area contributed by atoms with Crippen molar-refractivity contribution in [3.05, 3.63) is 0 Å². The first kappa shape index (κ1) is 17.3. The Morgan fingerprint density at radius 2 is 1.61 bits per heavy atom. The minimum atomic E-state index is -0.358. The molecule has 0 aromatic rings. The third-order valence-corrected chi connectivity index (χ3v) is 8.03. The zero-order chi connectivity index (χ0) is 16.8. The van der Waals surface area contributed by atoms with Gasteiger partial charge in [0.25, 0.3) is 0 Å². The second-order valence-corrected chi connectivity index (χ2v) is 9.16. The zero-order valence-electron chi connectivity index (χ0n) is 15.9. The van der Waals surface area contributed by atoms with Crippen molar-refractivity contribution in [1.82, 2.24) is 0 Å². The number of fused-ring (bicyclic) bond motifs is 5. The lowest BCUT2D eigenvalue weighted by molar-refractivity contribution is -0.183. The van der Waals surface area contributed by atoms with E-state index in [1.54, 1.807) is 0 Å². The average Bonchev–Trinajstić information content (AvgIpc) is 3.24. The largest absolute Gasteiger partial charge is 0.458 e. The summed E-state index contributed by atoms with van der Waals surface area (Å²) in [6.45, 7) is 10.6. The topological polar surface area (TPSA) is 26.3 Å². The molecule has 5 unspecified atom stereocenters. The lowest BCUT2D eigenvalue weighted by Crippen LogP contribution is -2.48. The van der Waals surface area contributed by atoms with Gasteiger partial charge in [-0.05, 0) is 82.5 Å². The van der Waals surface area contributed by atoms with Gasteiger partial charge in [-0.1, -0.05) is 27.2 Å². The predicted octanol–water partition coefficient (Wildman–Crippen LogP) is 5.60. The van der Waals surface area contributed by atoms with Crippen LogP contribution in [0.25, 0.3) is 0 Å². The fourth-order valence-electron chi connectivity index (χ4n) is 6.13. The molecular formula is C21H36O2. The molecule has 0 aliphatic heterocycles. The van der Waals surface area contributed by atoms with Gasteiger partial charge in [-0.25, -0.2) is 0 Å². The van der Waals surface area contributed by atoms with Crippen LogP contribution in [0.1, 0.15) is 86.0 Å². The molecule has 2 bridgehead atoms. The van der Waals surface area contributed by atoms with Crippen molar-refractivity contribution in [2.75, 3.05) is 0 Å². The van der Waals surface area contributed by atoms with E-state index < -0.39 is 0 Å². The Hall–Kier alpha value is -0.530. The van der Waals surface area contributed by atoms with Gasteiger partial charge in [-0.3, -0.25) is 4.79 Å². The van der Waals surface area contributed by atoms with Crippen molar-refractivity contribution >= 4 is 5.97 Å². The summed E-state index contributed by atoms with van der Waals surface area (Å²) in [6.07, 6.45) is 9.84. The number of carbonyl (C=O) groups is 1. The van der Waals surface area contributed by atoms with Crippen molar-refractivity contribution < 1.29 is 9.53 Å². The standard InChI is InChI=1S/C21H36O2/c1-6-20(4,5)19(22)23-21(7-2,8-3)18-13-14-12-17(18)16-11-9-10-15(14)16/h14-18H,6-13H2,1-5H3. The van der Waals surface area contributed by atoms with E-state index in [0.717, 1.165) is 42.9 Å². The first-order valence-corrected chi connectivity index (χ1v) is 10.1. The highest BCUT2D eigenvalue weighted by atomic mass is 16.6. The summed E-state index contributed by atoms with van der Waals surface area (Å²) in [4.78, 5) is 12.8. The highest BCUT2D eigenvalue weighted by Gasteiger charge is 2.59. The SMILES string of the molecule is CCC(C)(C)C(=O)OC(CC)(CC)C1CC2CC1C1CCCC21. The van der Waals surface area contributed by atoms with Gasteiger partial charge in [-0.2, -0.15) is 0 Å². The molecule has 3 rings (SSSR count). The van der Waals surface area contributed by atoms with E-state index in [1.165, 1.54) is 32.1 Å². The highest BCUT2D eigenvalue weighted by molar-refractivity contribution is 5.76. The van der Waals surface area contributed by atoms with Gasteiger partial charge in [0, 0.05) is 5.92 Å². The van der Waals surface area contributed by atoms with E-state index >= 15 is 0 Å². The Bertz CT molecular complexity index is 449.